The third kappa shape index (κ3) is 2.38. The minimum atomic E-state index is 0.347. The molecule has 1 aromatic heterocycles. The molecule has 15 heavy (non-hydrogen) atoms. The minimum absolute atomic E-state index is 0.347. The maximum atomic E-state index is 6.01. The van der Waals surface area contributed by atoms with Crippen LogP contribution in [0.5, 0.6) is 0 Å². The lowest BCUT2D eigenvalue weighted by Gasteiger charge is -2.13. The van der Waals surface area contributed by atoms with E-state index in [2.05, 4.69) is 30.7 Å². The quantitative estimate of drug-likeness (QED) is 0.830. The van der Waals surface area contributed by atoms with Gasteiger partial charge in [0, 0.05) is 30.6 Å². The van der Waals surface area contributed by atoms with Gasteiger partial charge in [-0.1, -0.05) is 6.92 Å². The Kier molecular flexibility index (Phi) is 3.09. The summed E-state index contributed by atoms with van der Waals surface area (Å²) < 4.78 is 0. The molecule has 0 bridgehead atoms. The van der Waals surface area contributed by atoms with Gasteiger partial charge in [-0.3, -0.25) is 4.90 Å². The van der Waals surface area contributed by atoms with E-state index in [1.165, 1.54) is 15.6 Å². The number of nitrogens with two attached hydrogens (primary N) is 1. The molecule has 2 rings (SSSR count). The lowest BCUT2D eigenvalue weighted by atomic mass is 10.1. The molecule has 0 amide bonds. The van der Waals surface area contributed by atoms with Crippen molar-refractivity contribution in [1.82, 2.24) is 9.88 Å². The maximum absolute atomic E-state index is 6.01. The number of nitrogens with zero attached hydrogens (tertiary/aromatic N) is 2. The molecule has 0 spiro atoms. The van der Waals surface area contributed by atoms with Gasteiger partial charge in [-0.25, -0.2) is 4.98 Å². The smallest absolute Gasteiger partial charge is 0.0900 e. The Morgan fingerprint density at radius 1 is 1.47 bits per heavy atom. The predicted octanol–water partition coefficient (Wildman–Crippen LogP) is 1.54. The van der Waals surface area contributed by atoms with Gasteiger partial charge in [-0.15, -0.1) is 11.3 Å². The van der Waals surface area contributed by atoms with Crippen molar-refractivity contribution < 1.29 is 0 Å². The molecule has 2 N–H and O–H groups in total. The summed E-state index contributed by atoms with van der Waals surface area (Å²) in [5.74, 6) is 0.624. The second-order valence-electron chi connectivity index (χ2n) is 4.58. The Morgan fingerprint density at radius 3 is 2.67 bits per heavy atom. The zero-order chi connectivity index (χ0) is 11.0. The number of thiazole rings is 1. The molecule has 2 unspecified atom stereocenters. The largest absolute Gasteiger partial charge is 0.326 e. The van der Waals surface area contributed by atoms with Crippen LogP contribution < -0.4 is 5.73 Å². The topological polar surface area (TPSA) is 42.2 Å². The zero-order valence-corrected chi connectivity index (χ0v) is 10.5. The molecule has 1 saturated heterocycles. The van der Waals surface area contributed by atoms with Crippen LogP contribution in [-0.2, 0) is 6.54 Å². The fraction of sp³-hybridized carbons (Fsp3) is 0.727. The Hall–Kier alpha value is -0.450. The van der Waals surface area contributed by atoms with Crippen molar-refractivity contribution in [2.24, 2.45) is 11.7 Å². The Balaban J connectivity index is 2.01. The van der Waals surface area contributed by atoms with Gasteiger partial charge in [0.2, 0.25) is 0 Å². The Labute approximate surface area is 95.3 Å². The Bertz CT molecular complexity index is 338. The first-order chi connectivity index (χ1) is 7.06. The summed E-state index contributed by atoms with van der Waals surface area (Å²) in [6.07, 6.45) is 0. The van der Waals surface area contributed by atoms with Gasteiger partial charge in [0.05, 0.1) is 10.7 Å². The van der Waals surface area contributed by atoms with Crippen LogP contribution in [0.4, 0.5) is 0 Å². The molecule has 1 aromatic rings. The first-order valence-corrected chi connectivity index (χ1v) is 6.28. The van der Waals surface area contributed by atoms with Crippen molar-refractivity contribution in [2.75, 3.05) is 13.1 Å². The summed E-state index contributed by atoms with van der Waals surface area (Å²) in [6.45, 7) is 9.57. The number of hydrogen-bond acceptors (Lipinski definition) is 4. The highest BCUT2D eigenvalue weighted by Crippen LogP contribution is 2.22. The summed E-state index contributed by atoms with van der Waals surface area (Å²) in [7, 11) is 0. The summed E-state index contributed by atoms with van der Waals surface area (Å²) in [5.41, 5.74) is 7.20. The normalized spacial score (nSPS) is 27.5. The zero-order valence-electron chi connectivity index (χ0n) is 9.66. The van der Waals surface area contributed by atoms with Crippen LogP contribution in [0.3, 0.4) is 0 Å². The van der Waals surface area contributed by atoms with Crippen molar-refractivity contribution in [3.05, 3.63) is 15.6 Å². The van der Waals surface area contributed by atoms with E-state index in [0.29, 0.717) is 12.0 Å². The van der Waals surface area contributed by atoms with Crippen molar-refractivity contribution in [2.45, 2.75) is 33.4 Å². The molecular formula is C11H19N3S. The van der Waals surface area contributed by atoms with Crippen LogP contribution in [0.15, 0.2) is 0 Å². The second-order valence-corrected chi connectivity index (χ2v) is 5.86. The molecule has 4 heteroatoms. The third-order valence-corrected chi connectivity index (χ3v) is 4.17. The van der Waals surface area contributed by atoms with Crippen LogP contribution in [-0.4, -0.2) is 29.0 Å². The molecule has 1 fully saturated rings. The molecule has 3 nitrogen and oxygen atoms in total. The monoisotopic (exact) mass is 225 g/mol. The van der Waals surface area contributed by atoms with Crippen LogP contribution >= 0.6 is 11.3 Å². The molecule has 0 saturated carbocycles. The number of aryl methyl sites for hydroxylation is 2. The SMILES string of the molecule is Cc1nc(C)c(CN2CC(C)C(N)C2)s1. The van der Waals surface area contributed by atoms with Crippen molar-refractivity contribution in [3.8, 4) is 0 Å². The summed E-state index contributed by atoms with van der Waals surface area (Å²) in [5, 5.41) is 1.17. The van der Waals surface area contributed by atoms with Crippen molar-refractivity contribution in [1.29, 1.82) is 0 Å². The molecule has 0 aromatic carbocycles. The van der Waals surface area contributed by atoms with Crippen LogP contribution in [0.1, 0.15) is 22.5 Å². The minimum Gasteiger partial charge on any atom is -0.326 e. The van der Waals surface area contributed by atoms with Gasteiger partial charge in [-0.05, 0) is 19.8 Å². The van der Waals surface area contributed by atoms with Gasteiger partial charge in [0.25, 0.3) is 0 Å². The van der Waals surface area contributed by atoms with Gasteiger partial charge < -0.3 is 5.73 Å². The number of rotatable bonds is 2. The molecule has 84 valence electrons. The van der Waals surface area contributed by atoms with Crippen LogP contribution in [0, 0.1) is 19.8 Å². The van der Waals surface area contributed by atoms with E-state index in [9.17, 15) is 0 Å². The fourth-order valence-corrected chi connectivity index (χ4v) is 3.13. The van der Waals surface area contributed by atoms with E-state index in [1.54, 1.807) is 0 Å². The molecular weight excluding hydrogens is 206 g/mol. The fourth-order valence-electron chi connectivity index (χ4n) is 2.15. The van der Waals surface area contributed by atoms with Gasteiger partial charge in [0.1, 0.15) is 0 Å². The lowest BCUT2D eigenvalue weighted by molar-refractivity contribution is 0.321. The predicted molar refractivity (Wildman–Crippen MR) is 64.0 cm³/mol. The summed E-state index contributed by atoms with van der Waals surface area (Å²) in [6, 6.07) is 0.347. The number of hydrogen-bond donors (Lipinski definition) is 1. The Morgan fingerprint density at radius 2 is 2.20 bits per heavy atom. The second kappa shape index (κ2) is 4.20. The highest BCUT2D eigenvalue weighted by Gasteiger charge is 2.26. The molecule has 0 radical (unpaired) electrons. The standard InChI is InChI=1S/C11H19N3S/c1-7-4-14(5-10(7)12)6-11-8(2)13-9(3)15-11/h7,10H,4-6,12H2,1-3H3. The lowest BCUT2D eigenvalue weighted by Crippen LogP contribution is -2.28. The molecule has 1 aliphatic heterocycles. The molecule has 2 heterocycles. The number of aromatic nitrogens is 1. The highest BCUT2D eigenvalue weighted by atomic mass is 32.1. The van der Waals surface area contributed by atoms with E-state index in [-0.39, 0.29) is 0 Å². The van der Waals surface area contributed by atoms with Gasteiger partial charge >= 0.3 is 0 Å². The molecule has 2 atom stereocenters. The maximum Gasteiger partial charge on any atom is 0.0900 e. The average Bonchev–Trinajstić information content (AvgIpc) is 2.59. The number of likely N-dealkylation sites (tertiary alicyclic amines) is 1. The van der Waals surface area contributed by atoms with E-state index >= 15 is 0 Å². The first-order valence-electron chi connectivity index (χ1n) is 5.47. The van der Waals surface area contributed by atoms with Crippen molar-refractivity contribution in [3.63, 3.8) is 0 Å². The average molecular weight is 225 g/mol. The van der Waals surface area contributed by atoms with E-state index < -0.39 is 0 Å². The third-order valence-electron chi connectivity index (χ3n) is 3.11. The summed E-state index contributed by atoms with van der Waals surface area (Å²) >= 11 is 1.81. The highest BCUT2D eigenvalue weighted by molar-refractivity contribution is 7.11. The van der Waals surface area contributed by atoms with Gasteiger partial charge in [0.15, 0.2) is 0 Å². The molecule has 1 aliphatic rings. The van der Waals surface area contributed by atoms with Crippen molar-refractivity contribution >= 4 is 11.3 Å². The van der Waals surface area contributed by atoms with E-state index in [1.807, 2.05) is 11.3 Å². The first kappa shape index (κ1) is 11.0. The summed E-state index contributed by atoms with van der Waals surface area (Å²) in [4.78, 5) is 8.29. The van der Waals surface area contributed by atoms with E-state index in [0.717, 1.165) is 19.6 Å². The van der Waals surface area contributed by atoms with Gasteiger partial charge in [-0.2, -0.15) is 0 Å². The van der Waals surface area contributed by atoms with Crippen LogP contribution in [0.2, 0.25) is 0 Å². The van der Waals surface area contributed by atoms with Crippen LogP contribution in [0.25, 0.3) is 0 Å². The molecule has 0 aliphatic carbocycles. The van der Waals surface area contributed by atoms with E-state index in [4.69, 9.17) is 5.73 Å².